The molecule has 6 heteroatoms. The number of halogens is 3. The first-order chi connectivity index (χ1) is 5.95. The molecule has 1 aromatic rings. The van der Waals surface area contributed by atoms with Gasteiger partial charge in [0.2, 0.25) is 0 Å². The molecule has 0 saturated heterocycles. The highest BCUT2D eigenvalue weighted by molar-refractivity contribution is 5.15. The standard InChI is InChI=1S/C7H6F3N3/c1-13-6(7(8,9)10)4-5(12-13)2-3-11/h4H,2H2,1H3. The molecular weight excluding hydrogens is 183 g/mol. The monoisotopic (exact) mass is 189 g/mol. The summed E-state index contributed by atoms with van der Waals surface area (Å²) in [5.74, 6) is 0. The van der Waals surface area contributed by atoms with Crippen molar-refractivity contribution in [1.29, 1.82) is 5.26 Å². The lowest BCUT2D eigenvalue weighted by Gasteiger charge is -2.04. The van der Waals surface area contributed by atoms with E-state index < -0.39 is 11.9 Å². The molecule has 0 aliphatic rings. The van der Waals surface area contributed by atoms with Crippen LogP contribution in [0.5, 0.6) is 0 Å². The third kappa shape index (κ3) is 1.99. The Morgan fingerprint density at radius 3 is 2.62 bits per heavy atom. The molecule has 1 rings (SSSR count). The Kier molecular flexibility index (Phi) is 2.28. The molecule has 0 aromatic carbocycles. The van der Waals surface area contributed by atoms with Gasteiger partial charge in [-0.3, -0.25) is 4.68 Å². The third-order valence-corrected chi connectivity index (χ3v) is 1.48. The van der Waals surface area contributed by atoms with Gasteiger partial charge < -0.3 is 0 Å². The Hall–Kier alpha value is -1.51. The van der Waals surface area contributed by atoms with Crippen LogP contribution in [0.2, 0.25) is 0 Å². The number of aromatic nitrogens is 2. The normalized spacial score (nSPS) is 11.3. The van der Waals surface area contributed by atoms with Crippen molar-refractivity contribution in [2.24, 2.45) is 7.05 Å². The largest absolute Gasteiger partial charge is 0.433 e. The molecule has 1 heterocycles. The zero-order valence-corrected chi connectivity index (χ0v) is 6.76. The van der Waals surface area contributed by atoms with Gasteiger partial charge in [-0.05, 0) is 6.07 Å². The molecular formula is C7H6F3N3. The third-order valence-electron chi connectivity index (χ3n) is 1.48. The molecule has 0 bridgehead atoms. The summed E-state index contributed by atoms with van der Waals surface area (Å²) in [4.78, 5) is 0. The number of aryl methyl sites for hydroxylation is 1. The van der Waals surface area contributed by atoms with E-state index in [0.29, 0.717) is 0 Å². The van der Waals surface area contributed by atoms with Gasteiger partial charge in [0.1, 0.15) is 5.69 Å². The molecule has 0 amide bonds. The summed E-state index contributed by atoms with van der Waals surface area (Å²) in [7, 11) is 1.20. The quantitative estimate of drug-likeness (QED) is 0.671. The van der Waals surface area contributed by atoms with Gasteiger partial charge in [0.25, 0.3) is 0 Å². The summed E-state index contributed by atoms with van der Waals surface area (Å²) in [6, 6.07) is 2.61. The number of alkyl halides is 3. The number of rotatable bonds is 1. The van der Waals surface area contributed by atoms with Crippen LogP contribution in [0.1, 0.15) is 11.4 Å². The van der Waals surface area contributed by atoms with Crippen molar-refractivity contribution in [3.63, 3.8) is 0 Å². The number of nitrogens with zero attached hydrogens (tertiary/aromatic N) is 3. The maximum absolute atomic E-state index is 12.2. The van der Waals surface area contributed by atoms with Crippen molar-refractivity contribution < 1.29 is 13.2 Å². The van der Waals surface area contributed by atoms with E-state index in [0.717, 1.165) is 10.7 Å². The first kappa shape index (κ1) is 9.58. The molecule has 0 radical (unpaired) electrons. The van der Waals surface area contributed by atoms with Gasteiger partial charge in [-0.2, -0.15) is 23.5 Å². The average molecular weight is 189 g/mol. The zero-order valence-electron chi connectivity index (χ0n) is 6.76. The highest BCUT2D eigenvalue weighted by Gasteiger charge is 2.34. The average Bonchev–Trinajstić information content (AvgIpc) is 2.30. The Labute approximate surface area is 72.4 Å². The van der Waals surface area contributed by atoms with Crippen LogP contribution in [0.3, 0.4) is 0 Å². The van der Waals surface area contributed by atoms with E-state index in [4.69, 9.17) is 5.26 Å². The van der Waals surface area contributed by atoms with Gasteiger partial charge >= 0.3 is 6.18 Å². The molecule has 0 spiro atoms. The van der Waals surface area contributed by atoms with Gasteiger partial charge in [0.05, 0.1) is 18.2 Å². The summed E-state index contributed by atoms with van der Waals surface area (Å²) in [5.41, 5.74) is -0.699. The van der Waals surface area contributed by atoms with Crippen molar-refractivity contribution in [3.05, 3.63) is 17.5 Å². The molecule has 0 N–H and O–H groups in total. The first-order valence-corrected chi connectivity index (χ1v) is 3.42. The maximum atomic E-state index is 12.2. The summed E-state index contributed by atoms with van der Waals surface area (Å²) in [6.07, 6.45) is -4.51. The predicted molar refractivity (Wildman–Crippen MR) is 37.5 cm³/mol. The second-order valence-electron chi connectivity index (χ2n) is 2.48. The lowest BCUT2D eigenvalue weighted by atomic mass is 10.3. The van der Waals surface area contributed by atoms with Crippen molar-refractivity contribution in [2.75, 3.05) is 0 Å². The lowest BCUT2D eigenvalue weighted by molar-refractivity contribution is -0.143. The molecule has 1 aromatic heterocycles. The van der Waals surface area contributed by atoms with Crippen LogP contribution >= 0.6 is 0 Å². The fourth-order valence-corrected chi connectivity index (χ4v) is 0.959. The number of hydrogen-bond donors (Lipinski definition) is 0. The number of nitriles is 1. The van der Waals surface area contributed by atoms with Crippen LogP contribution in [0.25, 0.3) is 0 Å². The van der Waals surface area contributed by atoms with E-state index in [1.54, 1.807) is 6.07 Å². The van der Waals surface area contributed by atoms with Crippen molar-refractivity contribution in [3.8, 4) is 6.07 Å². The van der Waals surface area contributed by atoms with Crippen LogP contribution in [-0.4, -0.2) is 9.78 Å². The fraction of sp³-hybridized carbons (Fsp3) is 0.429. The summed E-state index contributed by atoms with van der Waals surface area (Å²) in [6.45, 7) is 0. The minimum atomic E-state index is -4.41. The van der Waals surface area contributed by atoms with Gasteiger partial charge in [0, 0.05) is 7.05 Å². The van der Waals surface area contributed by atoms with E-state index in [2.05, 4.69) is 5.10 Å². The first-order valence-electron chi connectivity index (χ1n) is 3.42. The van der Waals surface area contributed by atoms with Crippen molar-refractivity contribution in [1.82, 2.24) is 9.78 Å². The second kappa shape index (κ2) is 3.09. The Bertz CT molecular complexity index is 345. The Balaban J connectivity index is 3.05. The van der Waals surface area contributed by atoms with E-state index >= 15 is 0 Å². The van der Waals surface area contributed by atoms with Crippen LogP contribution in [0, 0.1) is 11.3 Å². The van der Waals surface area contributed by atoms with E-state index in [1.807, 2.05) is 0 Å². The van der Waals surface area contributed by atoms with E-state index in [9.17, 15) is 13.2 Å². The molecule has 0 saturated carbocycles. The summed E-state index contributed by atoms with van der Waals surface area (Å²) >= 11 is 0. The Morgan fingerprint density at radius 1 is 1.62 bits per heavy atom. The second-order valence-corrected chi connectivity index (χ2v) is 2.48. The molecule has 0 aliphatic heterocycles. The highest BCUT2D eigenvalue weighted by atomic mass is 19.4. The van der Waals surface area contributed by atoms with Crippen LogP contribution in [-0.2, 0) is 19.6 Å². The van der Waals surface area contributed by atoms with Gasteiger partial charge in [0.15, 0.2) is 0 Å². The number of hydrogen-bond acceptors (Lipinski definition) is 2. The summed E-state index contributed by atoms with van der Waals surface area (Å²) in [5, 5.41) is 11.8. The van der Waals surface area contributed by atoms with Crippen molar-refractivity contribution in [2.45, 2.75) is 12.6 Å². The van der Waals surface area contributed by atoms with E-state index in [-0.39, 0.29) is 12.1 Å². The zero-order chi connectivity index (χ0) is 10.1. The molecule has 0 aliphatic carbocycles. The minimum absolute atomic E-state index is 0.107. The topological polar surface area (TPSA) is 41.6 Å². The SMILES string of the molecule is Cn1nc(CC#N)cc1C(F)(F)F. The van der Waals surface area contributed by atoms with Gasteiger partial charge in [-0.25, -0.2) is 0 Å². The predicted octanol–water partition coefficient (Wildman–Crippen LogP) is 1.50. The van der Waals surface area contributed by atoms with E-state index in [1.165, 1.54) is 7.05 Å². The minimum Gasteiger partial charge on any atom is -0.263 e. The molecule has 0 unspecified atom stereocenters. The lowest BCUT2D eigenvalue weighted by Crippen LogP contribution is -2.11. The molecule has 3 nitrogen and oxygen atoms in total. The molecule has 13 heavy (non-hydrogen) atoms. The molecule has 0 fully saturated rings. The summed E-state index contributed by atoms with van der Waals surface area (Å²) < 4.78 is 37.2. The van der Waals surface area contributed by atoms with Crippen molar-refractivity contribution >= 4 is 0 Å². The smallest absolute Gasteiger partial charge is 0.263 e. The highest BCUT2D eigenvalue weighted by Crippen LogP contribution is 2.29. The fourth-order valence-electron chi connectivity index (χ4n) is 0.959. The molecule has 70 valence electrons. The van der Waals surface area contributed by atoms with Crippen LogP contribution in [0.4, 0.5) is 13.2 Å². The van der Waals surface area contributed by atoms with Gasteiger partial charge in [-0.1, -0.05) is 0 Å². The van der Waals surface area contributed by atoms with Crippen LogP contribution < -0.4 is 0 Å². The van der Waals surface area contributed by atoms with Gasteiger partial charge in [-0.15, -0.1) is 0 Å². The maximum Gasteiger partial charge on any atom is 0.433 e. The molecule has 0 atom stereocenters. The Morgan fingerprint density at radius 2 is 2.23 bits per heavy atom. The van der Waals surface area contributed by atoms with Crippen LogP contribution in [0.15, 0.2) is 6.07 Å².